The Morgan fingerprint density at radius 1 is 1.48 bits per heavy atom. The molecule has 0 amide bonds. The van der Waals surface area contributed by atoms with Crippen LogP contribution in [-0.4, -0.2) is 53.7 Å². The van der Waals surface area contributed by atoms with Crippen molar-refractivity contribution in [2.45, 2.75) is 6.73 Å². The second-order valence-corrected chi connectivity index (χ2v) is 5.23. The minimum absolute atomic E-state index is 0.0349. The quantitative estimate of drug-likeness (QED) is 0.824. The smallest absolute Gasteiger partial charge is 0.210 e. The zero-order chi connectivity index (χ0) is 16.4. The molecule has 0 radical (unpaired) electrons. The third kappa shape index (κ3) is 2.93. The molecule has 10 heteroatoms. The van der Waals surface area contributed by atoms with Crippen LogP contribution in [0.15, 0.2) is 6.07 Å². The second-order valence-electron chi connectivity index (χ2n) is 4.82. The lowest BCUT2D eigenvalue weighted by Gasteiger charge is -2.32. The number of methoxy groups -OCH3 is 1. The molecule has 0 spiro atoms. The van der Waals surface area contributed by atoms with E-state index in [1.807, 2.05) is 0 Å². The van der Waals surface area contributed by atoms with Crippen molar-refractivity contribution in [3.8, 4) is 17.1 Å². The molecule has 124 valence electrons. The maximum Gasteiger partial charge on any atom is 0.210 e. The summed E-state index contributed by atoms with van der Waals surface area (Å²) in [5.41, 5.74) is 0.427. The van der Waals surface area contributed by atoms with E-state index in [-0.39, 0.29) is 29.7 Å². The molecule has 0 bridgehead atoms. The van der Waals surface area contributed by atoms with Gasteiger partial charge in [-0.2, -0.15) is 0 Å². The number of fused-ring (bicyclic) bond motifs is 1. The predicted octanol–water partition coefficient (Wildman–Crippen LogP) is 1.90. The van der Waals surface area contributed by atoms with Gasteiger partial charge in [-0.25, -0.2) is 8.78 Å². The lowest BCUT2D eigenvalue weighted by atomic mass is 10.1. The number of aromatic nitrogens is 4. The van der Waals surface area contributed by atoms with E-state index in [2.05, 4.69) is 15.4 Å². The molecule has 3 rings (SSSR count). The van der Waals surface area contributed by atoms with Crippen molar-refractivity contribution in [3.05, 3.63) is 16.9 Å². The molecule has 0 saturated heterocycles. The van der Waals surface area contributed by atoms with Gasteiger partial charge in [0.05, 0.1) is 22.8 Å². The van der Waals surface area contributed by atoms with Gasteiger partial charge in [-0.1, -0.05) is 11.6 Å². The lowest BCUT2D eigenvalue weighted by Crippen LogP contribution is -2.35. The van der Waals surface area contributed by atoms with Crippen molar-refractivity contribution in [1.29, 1.82) is 0 Å². The maximum absolute atomic E-state index is 14.6. The fourth-order valence-electron chi connectivity index (χ4n) is 2.44. The van der Waals surface area contributed by atoms with Crippen molar-refractivity contribution in [1.82, 2.24) is 20.2 Å². The molecular weight excluding hydrogens is 332 g/mol. The van der Waals surface area contributed by atoms with Gasteiger partial charge >= 0.3 is 0 Å². The van der Waals surface area contributed by atoms with Gasteiger partial charge in [-0.15, -0.1) is 15.0 Å². The number of hydrogen-bond acceptors (Lipinski definition) is 6. The van der Waals surface area contributed by atoms with Gasteiger partial charge in [0, 0.05) is 19.7 Å². The molecule has 7 nitrogen and oxygen atoms in total. The largest absolute Gasteiger partial charge is 0.489 e. The van der Waals surface area contributed by atoms with Gasteiger partial charge < -0.3 is 14.4 Å². The van der Waals surface area contributed by atoms with E-state index in [0.29, 0.717) is 24.6 Å². The lowest BCUT2D eigenvalue weighted by molar-refractivity contribution is 0.107. The van der Waals surface area contributed by atoms with Crippen LogP contribution in [0.5, 0.6) is 5.75 Å². The standard InChI is InChI=1S/C13H14ClF2N5O2/c1-22-7-21-18-13(17-19-21)10-11(16)8(14)6-9-12(10)20(3-2-15)4-5-23-9/h6H,2-5,7H2,1H3. The maximum atomic E-state index is 14.6. The summed E-state index contributed by atoms with van der Waals surface area (Å²) in [6.45, 7) is 0.390. The monoisotopic (exact) mass is 345 g/mol. The number of hydrogen-bond donors (Lipinski definition) is 0. The highest BCUT2D eigenvalue weighted by Gasteiger charge is 2.29. The molecule has 1 aliphatic rings. The van der Waals surface area contributed by atoms with Crippen LogP contribution in [0.3, 0.4) is 0 Å². The van der Waals surface area contributed by atoms with Crippen LogP contribution in [0, 0.1) is 5.82 Å². The molecule has 0 atom stereocenters. The zero-order valence-corrected chi connectivity index (χ0v) is 13.1. The SMILES string of the molecule is COCn1nnc(-c2c(F)c(Cl)cc3c2N(CCF)CCO3)n1. The van der Waals surface area contributed by atoms with Gasteiger partial charge in [-0.05, 0) is 5.21 Å². The summed E-state index contributed by atoms with van der Waals surface area (Å²) in [6, 6.07) is 1.37. The Bertz CT molecular complexity index is 712. The molecule has 1 aliphatic heterocycles. The molecular formula is C13H14ClF2N5O2. The van der Waals surface area contributed by atoms with E-state index in [9.17, 15) is 8.78 Å². The number of benzene rings is 1. The van der Waals surface area contributed by atoms with Gasteiger partial charge in [0.1, 0.15) is 19.0 Å². The second kappa shape index (κ2) is 6.63. The minimum Gasteiger partial charge on any atom is -0.489 e. The van der Waals surface area contributed by atoms with Gasteiger partial charge in [0.25, 0.3) is 0 Å². The molecule has 1 aromatic carbocycles. The number of ether oxygens (including phenoxy) is 2. The van der Waals surface area contributed by atoms with E-state index in [0.717, 1.165) is 0 Å². The number of anilines is 1. The summed E-state index contributed by atoms with van der Waals surface area (Å²) < 4.78 is 37.9. The Balaban J connectivity index is 2.15. The van der Waals surface area contributed by atoms with Crippen molar-refractivity contribution < 1.29 is 18.3 Å². The first-order chi connectivity index (χ1) is 11.2. The molecule has 2 aromatic rings. The minimum atomic E-state index is -0.697. The number of rotatable bonds is 5. The molecule has 0 saturated carbocycles. The van der Waals surface area contributed by atoms with E-state index in [1.165, 1.54) is 18.0 Å². The summed E-state index contributed by atoms with van der Waals surface area (Å²) in [7, 11) is 1.47. The van der Waals surface area contributed by atoms with E-state index in [1.54, 1.807) is 4.90 Å². The molecule has 0 fully saturated rings. The van der Waals surface area contributed by atoms with Crippen LogP contribution in [-0.2, 0) is 11.5 Å². The summed E-state index contributed by atoms with van der Waals surface area (Å²) in [5.74, 6) is -0.293. The molecule has 0 unspecified atom stereocenters. The topological polar surface area (TPSA) is 65.3 Å². The average molecular weight is 346 g/mol. The molecule has 1 aromatic heterocycles. The summed E-state index contributed by atoms with van der Waals surface area (Å²) >= 11 is 5.94. The van der Waals surface area contributed by atoms with Gasteiger partial charge in [-0.3, -0.25) is 0 Å². The van der Waals surface area contributed by atoms with Crippen molar-refractivity contribution in [2.24, 2.45) is 0 Å². The van der Waals surface area contributed by atoms with Crippen LogP contribution in [0.2, 0.25) is 5.02 Å². The van der Waals surface area contributed by atoms with E-state index < -0.39 is 12.5 Å². The van der Waals surface area contributed by atoms with Crippen molar-refractivity contribution in [3.63, 3.8) is 0 Å². The van der Waals surface area contributed by atoms with Crippen molar-refractivity contribution in [2.75, 3.05) is 38.4 Å². The highest BCUT2D eigenvalue weighted by Crippen LogP contribution is 2.44. The number of nitrogens with zero attached hydrogens (tertiary/aromatic N) is 5. The van der Waals surface area contributed by atoms with Gasteiger partial charge in [0.2, 0.25) is 5.82 Å². The van der Waals surface area contributed by atoms with Gasteiger partial charge in [0.15, 0.2) is 12.5 Å². The van der Waals surface area contributed by atoms with Crippen LogP contribution in [0.1, 0.15) is 0 Å². The first-order valence-electron chi connectivity index (χ1n) is 6.88. The first kappa shape index (κ1) is 15.9. The van der Waals surface area contributed by atoms with E-state index in [4.69, 9.17) is 21.1 Å². The third-order valence-electron chi connectivity index (χ3n) is 3.37. The zero-order valence-electron chi connectivity index (χ0n) is 12.3. The first-order valence-corrected chi connectivity index (χ1v) is 7.26. The van der Waals surface area contributed by atoms with Crippen LogP contribution in [0.25, 0.3) is 11.4 Å². The molecule has 2 heterocycles. The molecule has 0 aliphatic carbocycles. The summed E-state index contributed by atoms with van der Waals surface area (Å²) in [4.78, 5) is 2.86. The Morgan fingerprint density at radius 3 is 3.04 bits per heavy atom. The normalized spacial score (nSPS) is 13.8. The Labute approximate surface area is 135 Å². The number of alkyl halides is 1. The van der Waals surface area contributed by atoms with Crippen LogP contribution < -0.4 is 9.64 Å². The number of halogens is 3. The Kier molecular flexibility index (Phi) is 4.58. The molecule has 0 N–H and O–H groups in total. The molecule has 23 heavy (non-hydrogen) atoms. The number of tetrazole rings is 1. The Hall–Kier alpha value is -2.00. The summed E-state index contributed by atoms with van der Waals surface area (Å²) in [5, 5.41) is 11.6. The fourth-order valence-corrected chi connectivity index (χ4v) is 2.63. The fraction of sp³-hybridized carbons (Fsp3) is 0.462. The highest BCUT2D eigenvalue weighted by molar-refractivity contribution is 6.31. The third-order valence-corrected chi connectivity index (χ3v) is 3.64. The van der Waals surface area contributed by atoms with Crippen molar-refractivity contribution >= 4 is 17.3 Å². The van der Waals surface area contributed by atoms with Crippen LogP contribution in [0.4, 0.5) is 14.5 Å². The summed E-state index contributed by atoms with van der Waals surface area (Å²) in [6.07, 6.45) is 0. The Morgan fingerprint density at radius 2 is 2.30 bits per heavy atom. The van der Waals surface area contributed by atoms with E-state index >= 15 is 0 Å². The highest BCUT2D eigenvalue weighted by atomic mass is 35.5. The predicted molar refractivity (Wildman–Crippen MR) is 78.9 cm³/mol. The van der Waals surface area contributed by atoms with Crippen LogP contribution >= 0.6 is 11.6 Å². The average Bonchev–Trinajstić information content (AvgIpc) is 2.98.